The van der Waals surface area contributed by atoms with Crippen LogP contribution in [0.15, 0.2) is 24.3 Å². The molecule has 0 fully saturated rings. The Labute approximate surface area is 112 Å². The minimum Gasteiger partial charge on any atom is -0.492 e. The molecule has 0 aliphatic rings. The Balaban J connectivity index is 2.34. The molecule has 0 heterocycles. The second kappa shape index (κ2) is 7.70. The van der Waals surface area contributed by atoms with Crippen LogP contribution in [0.25, 0.3) is 0 Å². The number of carbonyl (C=O) groups excluding carboxylic acids is 1. The number of likely N-dealkylation sites (N-methyl/N-ethyl adjacent to an activating group) is 1. The Kier molecular flexibility index (Phi) is 6.24. The van der Waals surface area contributed by atoms with Crippen LogP contribution in [0, 0.1) is 5.82 Å². The zero-order valence-electron chi connectivity index (χ0n) is 11.1. The molecule has 0 saturated heterocycles. The summed E-state index contributed by atoms with van der Waals surface area (Å²) in [5.74, 6) is -0.143. The van der Waals surface area contributed by atoms with Crippen molar-refractivity contribution in [2.24, 2.45) is 5.73 Å². The number of benzene rings is 1. The number of hydrogen-bond donors (Lipinski definition) is 1. The van der Waals surface area contributed by atoms with E-state index in [0.717, 1.165) is 0 Å². The molecule has 0 spiro atoms. The van der Waals surface area contributed by atoms with Crippen molar-refractivity contribution in [3.63, 3.8) is 0 Å². The number of rotatable bonds is 7. The number of nitrogens with two attached hydrogens (primary N) is 1. The topological polar surface area (TPSA) is 64.8 Å². The van der Waals surface area contributed by atoms with E-state index in [-0.39, 0.29) is 24.9 Å². The van der Waals surface area contributed by atoms with Crippen LogP contribution in [0.4, 0.5) is 4.39 Å². The van der Waals surface area contributed by atoms with Crippen LogP contribution in [-0.2, 0) is 9.53 Å². The summed E-state index contributed by atoms with van der Waals surface area (Å²) in [4.78, 5) is 13.2. The molecule has 2 N–H and O–H groups in total. The van der Waals surface area contributed by atoms with E-state index in [1.54, 1.807) is 19.2 Å². The van der Waals surface area contributed by atoms with E-state index in [2.05, 4.69) is 0 Å². The summed E-state index contributed by atoms with van der Waals surface area (Å²) in [5, 5.41) is 0. The lowest BCUT2D eigenvalue weighted by atomic mass is 10.3. The van der Waals surface area contributed by atoms with Crippen molar-refractivity contribution in [1.29, 1.82) is 0 Å². The minimum absolute atomic E-state index is 0.175. The molecule has 19 heavy (non-hydrogen) atoms. The number of amides is 1. The second-order valence-electron chi connectivity index (χ2n) is 4.13. The number of ether oxygens (including phenoxy) is 2. The number of methoxy groups -OCH3 is 1. The summed E-state index contributed by atoms with van der Waals surface area (Å²) in [6.07, 6.45) is 0. The SMILES string of the molecule is COCC(N)C(=O)N(C)CCOc1cccc(F)c1. The maximum Gasteiger partial charge on any atom is 0.241 e. The predicted octanol–water partition coefficient (Wildman–Crippen LogP) is 0.637. The van der Waals surface area contributed by atoms with Gasteiger partial charge in [0.25, 0.3) is 0 Å². The van der Waals surface area contributed by atoms with Crippen molar-refractivity contribution < 1.29 is 18.7 Å². The lowest BCUT2D eigenvalue weighted by Gasteiger charge is -2.21. The fourth-order valence-corrected chi connectivity index (χ4v) is 1.50. The maximum absolute atomic E-state index is 12.9. The zero-order chi connectivity index (χ0) is 14.3. The molecule has 1 atom stereocenters. The van der Waals surface area contributed by atoms with Gasteiger partial charge in [-0.25, -0.2) is 4.39 Å². The maximum atomic E-state index is 12.9. The van der Waals surface area contributed by atoms with Crippen LogP contribution in [0.5, 0.6) is 5.75 Å². The first-order valence-corrected chi connectivity index (χ1v) is 5.92. The van der Waals surface area contributed by atoms with Gasteiger partial charge in [-0.1, -0.05) is 6.07 Å². The molecule has 0 aliphatic carbocycles. The van der Waals surface area contributed by atoms with Crippen LogP contribution in [0.3, 0.4) is 0 Å². The van der Waals surface area contributed by atoms with E-state index in [1.807, 2.05) is 0 Å². The highest BCUT2D eigenvalue weighted by Gasteiger charge is 2.17. The van der Waals surface area contributed by atoms with Gasteiger partial charge in [0, 0.05) is 20.2 Å². The van der Waals surface area contributed by atoms with Gasteiger partial charge in [0.1, 0.15) is 24.2 Å². The van der Waals surface area contributed by atoms with Crippen molar-refractivity contribution in [2.45, 2.75) is 6.04 Å². The largest absolute Gasteiger partial charge is 0.492 e. The third-order valence-electron chi connectivity index (χ3n) is 2.53. The van der Waals surface area contributed by atoms with Gasteiger partial charge >= 0.3 is 0 Å². The molecule has 1 amide bonds. The van der Waals surface area contributed by atoms with Crippen molar-refractivity contribution >= 4 is 5.91 Å². The normalized spacial score (nSPS) is 12.0. The van der Waals surface area contributed by atoms with E-state index in [0.29, 0.717) is 12.3 Å². The average molecular weight is 270 g/mol. The molecular weight excluding hydrogens is 251 g/mol. The van der Waals surface area contributed by atoms with E-state index < -0.39 is 6.04 Å². The van der Waals surface area contributed by atoms with Crippen molar-refractivity contribution in [3.8, 4) is 5.75 Å². The fourth-order valence-electron chi connectivity index (χ4n) is 1.50. The molecule has 5 nitrogen and oxygen atoms in total. The van der Waals surface area contributed by atoms with Gasteiger partial charge in [0.2, 0.25) is 5.91 Å². The summed E-state index contributed by atoms with van der Waals surface area (Å²) in [6.45, 7) is 0.812. The Morgan fingerprint density at radius 2 is 2.26 bits per heavy atom. The third-order valence-corrected chi connectivity index (χ3v) is 2.53. The summed E-state index contributed by atoms with van der Waals surface area (Å²) >= 11 is 0. The lowest BCUT2D eigenvalue weighted by molar-refractivity contribution is -0.132. The molecule has 0 bridgehead atoms. The van der Waals surface area contributed by atoms with Crippen LogP contribution < -0.4 is 10.5 Å². The zero-order valence-corrected chi connectivity index (χ0v) is 11.1. The van der Waals surface area contributed by atoms with Gasteiger partial charge in [-0.15, -0.1) is 0 Å². The quantitative estimate of drug-likeness (QED) is 0.789. The predicted molar refractivity (Wildman–Crippen MR) is 69.4 cm³/mol. The molecule has 1 aromatic rings. The van der Waals surface area contributed by atoms with Gasteiger partial charge in [-0.2, -0.15) is 0 Å². The first-order chi connectivity index (χ1) is 9.04. The average Bonchev–Trinajstić information content (AvgIpc) is 2.38. The van der Waals surface area contributed by atoms with Crippen molar-refractivity contribution in [3.05, 3.63) is 30.1 Å². The van der Waals surface area contributed by atoms with E-state index in [4.69, 9.17) is 15.2 Å². The molecule has 1 unspecified atom stereocenters. The van der Waals surface area contributed by atoms with Crippen LogP contribution in [0.1, 0.15) is 0 Å². The summed E-state index contributed by atoms with van der Waals surface area (Å²) in [5.41, 5.74) is 5.62. The number of hydrogen-bond acceptors (Lipinski definition) is 4. The molecule has 1 aromatic carbocycles. The molecule has 0 aromatic heterocycles. The molecule has 106 valence electrons. The summed E-state index contributed by atoms with van der Waals surface area (Å²) < 4.78 is 23.1. The van der Waals surface area contributed by atoms with E-state index >= 15 is 0 Å². The van der Waals surface area contributed by atoms with Gasteiger partial charge in [0.05, 0.1) is 13.2 Å². The Hall–Kier alpha value is -1.66. The van der Waals surface area contributed by atoms with Crippen molar-refractivity contribution in [2.75, 3.05) is 33.9 Å². The van der Waals surface area contributed by atoms with Gasteiger partial charge < -0.3 is 20.1 Å². The van der Waals surface area contributed by atoms with Gasteiger partial charge in [-0.3, -0.25) is 4.79 Å². The highest BCUT2D eigenvalue weighted by atomic mass is 19.1. The highest BCUT2D eigenvalue weighted by Crippen LogP contribution is 2.11. The number of halogens is 1. The van der Waals surface area contributed by atoms with Gasteiger partial charge in [-0.05, 0) is 12.1 Å². The first-order valence-electron chi connectivity index (χ1n) is 5.92. The monoisotopic (exact) mass is 270 g/mol. The number of carbonyl (C=O) groups is 1. The smallest absolute Gasteiger partial charge is 0.241 e. The Morgan fingerprint density at radius 3 is 2.89 bits per heavy atom. The van der Waals surface area contributed by atoms with E-state index in [1.165, 1.54) is 24.1 Å². The summed E-state index contributed by atoms with van der Waals surface area (Å²) in [6, 6.07) is 5.17. The standard InChI is InChI=1S/C13H19FN2O3/c1-16(13(17)12(15)9-18-2)6-7-19-11-5-3-4-10(14)8-11/h3-5,8,12H,6-7,9,15H2,1-2H3. The first kappa shape index (κ1) is 15.4. The van der Waals surface area contributed by atoms with E-state index in [9.17, 15) is 9.18 Å². The van der Waals surface area contributed by atoms with Gasteiger partial charge in [0.15, 0.2) is 0 Å². The molecule has 6 heteroatoms. The molecule has 0 aliphatic heterocycles. The summed E-state index contributed by atoms with van der Waals surface area (Å²) in [7, 11) is 3.12. The van der Waals surface area contributed by atoms with Crippen LogP contribution >= 0.6 is 0 Å². The lowest BCUT2D eigenvalue weighted by Crippen LogP contribution is -2.45. The highest BCUT2D eigenvalue weighted by molar-refractivity contribution is 5.81. The van der Waals surface area contributed by atoms with Crippen LogP contribution in [0.2, 0.25) is 0 Å². The molecule has 0 radical (unpaired) electrons. The molecule has 1 rings (SSSR count). The fraction of sp³-hybridized carbons (Fsp3) is 0.462. The number of nitrogens with zero attached hydrogens (tertiary/aromatic N) is 1. The Bertz CT molecular complexity index is 415. The van der Waals surface area contributed by atoms with Crippen LogP contribution in [-0.4, -0.2) is 50.8 Å². The Morgan fingerprint density at radius 1 is 1.53 bits per heavy atom. The minimum atomic E-state index is -0.677. The van der Waals surface area contributed by atoms with Crippen molar-refractivity contribution in [1.82, 2.24) is 4.90 Å². The molecular formula is C13H19FN2O3. The third kappa shape index (κ3) is 5.23. The molecule has 0 saturated carbocycles. The second-order valence-corrected chi connectivity index (χ2v) is 4.13.